The van der Waals surface area contributed by atoms with Crippen LogP contribution in [-0.2, 0) is 4.57 Å². The molecule has 0 atom stereocenters. The molecule has 1 aromatic rings. The van der Waals surface area contributed by atoms with Crippen molar-refractivity contribution >= 4 is 8.25 Å². The van der Waals surface area contributed by atoms with Gasteiger partial charge in [0.25, 0.3) is 0 Å². The van der Waals surface area contributed by atoms with Gasteiger partial charge >= 0.3 is 37.8 Å². The Morgan fingerprint density at radius 1 is 1.55 bits per heavy atom. The fraction of sp³-hybridized carbons (Fsp3) is 0. The molecule has 0 spiro atoms. The Morgan fingerprint density at radius 2 is 2.00 bits per heavy atom. The van der Waals surface area contributed by atoms with Gasteiger partial charge in [-0.3, -0.25) is 0 Å². The molecule has 4 N–H and O–H groups in total. The summed E-state index contributed by atoms with van der Waals surface area (Å²) in [5.41, 5.74) is 0. The first kappa shape index (κ1) is 17.3. The molecular weight excluding hydrogens is 184 g/mol. The molecule has 0 saturated heterocycles. The maximum Gasteiger partial charge on any atom is 1.00 e. The van der Waals surface area contributed by atoms with Crippen LogP contribution in [0.5, 0.6) is 0 Å². The molecule has 0 aliphatic rings. The van der Waals surface area contributed by atoms with Gasteiger partial charge in [-0.1, -0.05) is 0 Å². The second-order valence-electron chi connectivity index (χ2n) is 0.928. The van der Waals surface area contributed by atoms with E-state index in [4.69, 9.17) is 14.4 Å². The van der Waals surface area contributed by atoms with Gasteiger partial charge < -0.3 is 11.3 Å². The molecular formula is C3H8NNaO5P+. The Hall–Kier alpha value is 0.190. The van der Waals surface area contributed by atoms with Crippen molar-refractivity contribution in [3.63, 3.8) is 0 Å². The fourth-order valence-electron chi connectivity index (χ4n) is 0.176. The van der Waals surface area contributed by atoms with Crippen molar-refractivity contribution < 1.29 is 55.2 Å². The van der Waals surface area contributed by atoms with Crippen LogP contribution < -0.4 is 29.6 Å². The van der Waals surface area contributed by atoms with Crippen LogP contribution >= 0.6 is 8.25 Å². The molecule has 6 nitrogen and oxygen atoms in total. The summed E-state index contributed by atoms with van der Waals surface area (Å²) in [4.78, 5) is 17.8. The van der Waals surface area contributed by atoms with Gasteiger partial charge in [0, 0.05) is 4.57 Å². The third-order valence-corrected chi connectivity index (χ3v) is 0.347. The third-order valence-electron chi connectivity index (χ3n) is 0.347. The number of hydrogen-bond donors (Lipinski definition) is 2. The van der Waals surface area contributed by atoms with Gasteiger partial charge in [0.05, 0.1) is 6.20 Å². The minimum atomic E-state index is -2.87. The molecule has 1 rings (SSSR count). The van der Waals surface area contributed by atoms with Gasteiger partial charge in [-0.2, -0.15) is 0 Å². The van der Waals surface area contributed by atoms with E-state index >= 15 is 0 Å². The Morgan fingerprint density at radius 3 is 2.09 bits per heavy atom. The first-order chi connectivity index (χ1) is 4.23. The number of rotatable bonds is 0. The van der Waals surface area contributed by atoms with E-state index in [9.17, 15) is 0 Å². The van der Waals surface area contributed by atoms with Crippen LogP contribution in [-0.4, -0.2) is 20.2 Å². The summed E-state index contributed by atoms with van der Waals surface area (Å²) in [6, 6.07) is 0. The van der Waals surface area contributed by atoms with Gasteiger partial charge in [0.1, 0.15) is 6.26 Å². The smallest absolute Gasteiger partial charge is 1.00 e. The number of aromatic nitrogens is 1. The Labute approximate surface area is 87.3 Å². The summed E-state index contributed by atoms with van der Waals surface area (Å²) in [7, 11) is -2.87. The first-order valence-electron chi connectivity index (χ1n) is 1.90. The molecule has 0 fully saturated rings. The summed E-state index contributed by atoms with van der Waals surface area (Å²) < 4.78 is 13.2. The van der Waals surface area contributed by atoms with Crippen LogP contribution in [0.15, 0.2) is 23.3 Å². The zero-order valence-corrected chi connectivity index (χ0v) is 8.73. The summed E-state index contributed by atoms with van der Waals surface area (Å²) in [5.74, 6) is 0. The molecule has 11 heavy (non-hydrogen) atoms. The molecule has 60 valence electrons. The van der Waals surface area contributed by atoms with E-state index in [0.717, 1.165) is 0 Å². The molecule has 0 aliphatic carbocycles. The topological polar surface area (TPSA) is 115 Å². The SMILES string of the molecule is O.O=[P+](O)O.[H-].[Na+].c1cocn1. The van der Waals surface area contributed by atoms with Crippen LogP contribution in [0.2, 0.25) is 0 Å². The zero-order valence-electron chi connectivity index (χ0n) is 6.84. The van der Waals surface area contributed by atoms with Crippen molar-refractivity contribution in [1.82, 2.24) is 4.98 Å². The molecule has 0 saturated carbocycles. The summed E-state index contributed by atoms with van der Waals surface area (Å²) in [6.07, 6.45) is 4.47. The summed E-state index contributed by atoms with van der Waals surface area (Å²) >= 11 is 0. The summed E-state index contributed by atoms with van der Waals surface area (Å²) in [5, 5.41) is 0. The van der Waals surface area contributed by atoms with Crippen molar-refractivity contribution in [3.05, 3.63) is 18.9 Å². The number of nitrogens with zero attached hydrogens (tertiary/aromatic N) is 1. The maximum atomic E-state index is 8.70. The zero-order chi connectivity index (χ0) is 7.11. The summed E-state index contributed by atoms with van der Waals surface area (Å²) in [6.45, 7) is 0. The van der Waals surface area contributed by atoms with Gasteiger partial charge in [0.2, 0.25) is 0 Å². The minimum absolute atomic E-state index is 0. The van der Waals surface area contributed by atoms with Crippen molar-refractivity contribution in [3.8, 4) is 0 Å². The van der Waals surface area contributed by atoms with E-state index in [1.807, 2.05) is 0 Å². The van der Waals surface area contributed by atoms with Crippen molar-refractivity contribution in [2.75, 3.05) is 0 Å². The number of oxazole rings is 1. The van der Waals surface area contributed by atoms with E-state index < -0.39 is 8.25 Å². The van der Waals surface area contributed by atoms with E-state index in [1.54, 1.807) is 6.20 Å². The van der Waals surface area contributed by atoms with E-state index in [-0.39, 0.29) is 36.5 Å². The van der Waals surface area contributed by atoms with E-state index in [1.165, 1.54) is 12.7 Å². The average molecular weight is 192 g/mol. The average Bonchev–Trinajstić information content (AvgIpc) is 2.11. The molecule has 0 radical (unpaired) electrons. The molecule has 0 unspecified atom stereocenters. The Bertz CT molecular complexity index is 141. The first-order valence-corrected chi connectivity index (χ1v) is 3.07. The molecule has 0 bridgehead atoms. The van der Waals surface area contributed by atoms with Crippen LogP contribution in [0.1, 0.15) is 1.43 Å². The molecule has 0 aliphatic heterocycles. The molecule has 0 amide bonds. The van der Waals surface area contributed by atoms with Crippen LogP contribution in [0.4, 0.5) is 0 Å². The maximum absolute atomic E-state index is 8.70. The Balaban J connectivity index is -0.0000000436. The fourth-order valence-corrected chi connectivity index (χ4v) is 0.176. The molecule has 0 aromatic carbocycles. The quantitative estimate of drug-likeness (QED) is 0.328. The van der Waals surface area contributed by atoms with Crippen LogP contribution in [0, 0.1) is 0 Å². The van der Waals surface area contributed by atoms with Gasteiger partial charge in [-0.15, -0.1) is 9.79 Å². The molecule has 8 heteroatoms. The number of hydrogen-bond acceptors (Lipinski definition) is 3. The van der Waals surface area contributed by atoms with Gasteiger partial charge in [-0.05, 0) is 0 Å². The van der Waals surface area contributed by atoms with Gasteiger partial charge in [-0.25, -0.2) is 4.98 Å². The Kier molecular flexibility index (Phi) is 20.2. The predicted molar refractivity (Wildman–Crippen MR) is 33.3 cm³/mol. The van der Waals surface area contributed by atoms with E-state index in [0.29, 0.717) is 0 Å². The van der Waals surface area contributed by atoms with Gasteiger partial charge in [0.15, 0.2) is 6.39 Å². The second kappa shape index (κ2) is 12.8. The third kappa shape index (κ3) is 25.4. The van der Waals surface area contributed by atoms with Crippen molar-refractivity contribution in [2.45, 2.75) is 0 Å². The monoisotopic (exact) mass is 192 g/mol. The minimum Gasteiger partial charge on any atom is -1.00 e. The molecule has 1 aromatic heterocycles. The van der Waals surface area contributed by atoms with Crippen molar-refractivity contribution in [2.24, 2.45) is 0 Å². The molecule has 1 heterocycles. The normalized spacial score (nSPS) is 6.00. The standard InChI is InChI=1S/C3H3NO.Na.HO3P.H2O.H/c1-2-5-3-4-1;;1-4(2)3;;/h1-3H;;(H-,1,2,3);1H2;/q;+1;;;-1/p+1. The largest absolute Gasteiger partial charge is 1.00 e. The van der Waals surface area contributed by atoms with E-state index in [2.05, 4.69) is 9.40 Å². The van der Waals surface area contributed by atoms with Crippen molar-refractivity contribution in [1.29, 1.82) is 0 Å². The second-order valence-corrected chi connectivity index (χ2v) is 1.43. The predicted octanol–water partition coefficient (Wildman–Crippen LogP) is -3.41. The van der Waals surface area contributed by atoms with Crippen LogP contribution in [0.3, 0.4) is 0 Å². The van der Waals surface area contributed by atoms with Crippen LogP contribution in [0.25, 0.3) is 0 Å².